The fourth-order valence-electron chi connectivity index (χ4n) is 3.09. The second-order valence-corrected chi connectivity index (χ2v) is 6.45. The van der Waals surface area contributed by atoms with Gasteiger partial charge < -0.3 is 14.8 Å². The first-order valence-electron chi connectivity index (χ1n) is 9.18. The molecule has 0 unspecified atom stereocenters. The van der Waals surface area contributed by atoms with Crippen LogP contribution in [0.1, 0.15) is 29.3 Å². The molecular weight excluding hydrogens is 354 g/mol. The number of hydrogen-bond donors (Lipinski definition) is 1. The molecule has 0 spiro atoms. The van der Waals surface area contributed by atoms with Crippen molar-refractivity contribution < 1.29 is 19.1 Å². The van der Waals surface area contributed by atoms with Gasteiger partial charge in [0.05, 0.1) is 12.7 Å². The Labute approximate surface area is 164 Å². The number of carbonyl (C=O) groups excluding carboxylic acids is 2. The van der Waals surface area contributed by atoms with Crippen LogP contribution in [0.25, 0.3) is 10.8 Å². The van der Waals surface area contributed by atoms with E-state index >= 15 is 0 Å². The second kappa shape index (κ2) is 8.57. The van der Waals surface area contributed by atoms with Gasteiger partial charge in [0, 0.05) is 11.1 Å². The molecule has 144 valence electrons. The number of nitrogens with one attached hydrogen (secondary N) is 1. The Balaban J connectivity index is 1.82. The summed E-state index contributed by atoms with van der Waals surface area (Å²) in [7, 11) is 1.33. The van der Waals surface area contributed by atoms with Crippen molar-refractivity contribution in [3.05, 3.63) is 71.8 Å². The highest BCUT2D eigenvalue weighted by Crippen LogP contribution is 2.27. The van der Waals surface area contributed by atoms with Crippen LogP contribution in [-0.4, -0.2) is 25.1 Å². The molecule has 0 bridgehead atoms. The van der Waals surface area contributed by atoms with Crippen molar-refractivity contribution in [2.75, 3.05) is 12.4 Å². The highest BCUT2D eigenvalue weighted by atomic mass is 16.5. The number of ether oxygens (including phenoxy) is 2. The van der Waals surface area contributed by atoms with Gasteiger partial charge in [-0.25, -0.2) is 4.79 Å². The number of esters is 1. The molecule has 0 heterocycles. The Morgan fingerprint density at radius 1 is 1.00 bits per heavy atom. The van der Waals surface area contributed by atoms with Gasteiger partial charge in [-0.05, 0) is 42.5 Å². The lowest BCUT2D eigenvalue weighted by atomic mass is 10.1. The van der Waals surface area contributed by atoms with Crippen LogP contribution < -0.4 is 10.1 Å². The highest BCUT2D eigenvalue weighted by Gasteiger charge is 2.21. The predicted molar refractivity (Wildman–Crippen MR) is 110 cm³/mol. The van der Waals surface area contributed by atoms with Crippen LogP contribution in [0.2, 0.25) is 0 Å². The number of anilines is 1. The van der Waals surface area contributed by atoms with Crippen molar-refractivity contribution in [2.45, 2.75) is 26.4 Å². The van der Waals surface area contributed by atoms with Crippen molar-refractivity contribution in [3.8, 4) is 5.75 Å². The van der Waals surface area contributed by atoms with Gasteiger partial charge in [0.2, 0.25) is 0 Å². The lowest BCUT2D eigenvalue weighted by molar-refractivity contribution is -0.122. The van der Waals surface area contributed by atoms with Gasteiger partial charge in [-0.3, -0.25) is 4.79 Å². The number of methoxy groups -OCH3 is 1. The van der Waals surface area contributed by atoms with Gasteiger partial charge in [-0.1, -0.05) is 49.4 Å². The highest BCUT2D eigenvalue weighted by molar-refractivity contribution is 5.98. The molecule has 0 saturated carbocycles. The van der Waals surface area contributed by atoms with Gasteiger partial charge in [0.15, 0.2) is 6.10 Å². The number of carbonyl (C=O) groups is 2. The summed E-state index contributed by atoms with van der Waals surface area (Å²) in [5, 5.41) is 4.89. The van der Waals surface area contributed by atoms with Gasteiger partial charge in [-0.15, -0.1) is 0 Å². The lowest BCUT2D eigenvalue weighted by Crippen LogP contribution is -2.32. The van der Waals surface area contributed by atoms with Crippen LogP contribution in [0.5, 0.6) is 5.75 Å². The maximum atomic E-state index is 12.8. The minimum absolute atomic E-state index is 0.263. The SMILES string of the molecule is CC[C@H](Oc1cccc2ccccc12)C(=O)Nc1cccc(C(=O)OC)c1C. The second-order valence-electron chi connectivity index (χ2n) is 6.45. The summed E-state index contributed by atoms with van der Waals surface area (Å²) in [5.74, 6) is -0.0340. The van der Waals surface area contributed by atoms with E-state index in [1.165, 1.54) is 7.11 Å². The van der Waals surface area contributed by atoms with E-state index in [4.69, 9.17) is 9.47 Å². The first-order chi connectivity index (χ1) is 13.5. The quantitative estimate of drug-likeness (QED) is 0.631. The summed E-state index contributed by atoms with van der Waals surface area (Å²) >= 11 is 0. The van der Waals surface area contributed by atoms with Crippen molar-refractivity contribution in [1.29, 1.82) is 0 Å². The first-order valence-corrected chi connectivity index (χ1v) is 9.18. The Bertz CT molecular complexity index is 1010. The van der Waals surface area contributed by atoms with E-state index in [2.05, 4.69) is 5.32 Å². The molecular formula is C23H23NO4. The van der Waals surface area contributed by atoms with Crippen LogP contribution in [0, 0.1) is 6.92 Å². The molecule has 0 fully saturated rings. The molecule has 1 amide bonds. The molecule has 1 atom stereocenters. The Kier molecular flexibility index (Phi) is 5.94. The van der Waals surface area contributed by atoms with Crippen molar-refractivity contribution in [1.82, 2.24) is 0 Å². The summed E-state index contributed by atoms with van der Waals surface area (Å²) in [4.78, 5) is 24.7. The third kappa shape index (κ3) is 3.98. The molecule has 3 aromatic carbocycles. The molecule has 3 rings (SSSR count). The van der Waals surface area contributed by atoms with E-state index in [9.17, 15) is 9.59 Å². The smallest absolute Gasteiger partial charge is 0.338 e. The maximum absolute atomic E-state index is 12.8. The summed E-state index contributed by atoms with van der Waals surface area (Å²) in [6.45, 7) is 3.67. The molecule has 1 N–H and O–H groups in total. The molecule has 0 aromatic heterocycles. The number of hydrogen-bond acceptors (Lipinski definition) is 4. The molecule has 0 aliphatic carbocycles. The Hall–Kier alpha value is -3.34. The van der Waals surface area contributed by atoms with Gasteiger partial charge >= 0.3 is 5.97 Å². The van der Waals surface area contributed by atoms with Crippen molar-refractivity contribution >= 4 is 28.3 Å². The Morgan fingerprint density at radius 2 is 1.71 bits per heavy atom. The fraction of sp³-hybridized carbons (Fsp3) is 0.217. The monoisotopic (exact) mass is 377 g/mol. The van der Waals surface area contributed by atoms with E-state index < -0.39 is 12.1 Å². The summed E-state index contributed by atoms with van der Waals surface area (Å²) in [6.07, 6.45) is -0.155. The topological polar surface area (TPSA) is 64.6 Å². The van der Waals surface area contributed by atoms with Gasteiger partial charge in [0.25, 0.3) is 5.91 Å². The fourth-order valence-corrected chi connectivity index (χ4v) is 3.09. The first kappa shape index (κ1) is 19.4. The average molecular weight is 377 g/mol. The third-order valence-electron chi connectivity index (χ3n) is 4.68. The normalized spacial score (nSPS) is 11.7. The summed E-state index contributed by atoms with van der Waals surface area (Å²) in [6, 6.07) is 18.8. The average Bonchev–Trinajstić information content (AvgIpc) is 2.72. The largest absolute Gasteiger partial charge is 0.480 e. The number of fused-ring (bicyclic) bond motifs is 1. The standard InChI is InChI=1S/C23H23NO4/c1-4-20(28-21-14-7-10-16-9-5-6-11-18(16)21)22(25)24-19-13-8-12-17(15(19)2)23(26)27-3/h5-14,20H,4H2,1-3H3,(H,24,25)/t20-/m0/s1. The molecule has 5 heteroatoms. The molecule has 28 heavy (non-hydrogen) atoms. The van der Waals surface area contributed by atoms with Crippen molar-refractivity contribution in [3.63, 3.8) is 0 Å². The van der Waals surface area contributed by atoms with E-state index in [0.29, 0.717) is 29.0 Å². The summed E-state index contributed by atoms with van der Waals surface area (Å²) in [5.41, 5.74) is 1.64. The Morgan fingerprint density at radius 3 is 2.46 bits per heavy atom. The number of rotatable bonds is 6. The minimum Gasteiger partial charge on any atom is -0.480 e. The zero-order chi connectivity index (χ0) is 20.1. The summed E-state index contributed by atoms with van der Waals surface area (Å²) < 4.78 is 10.8. The zero-order valence-electron chi connectivity index (χ0n) is 16.2. The number of amides is 1. The molecule has 0 aliphatic heterocycles. The van der Waals surface area contributed by atoms with E-state index in [1.807, 2.05) is 49.4 Å². The van der Waals surface area contributed by atoms with E-state index in [-0.39, 0.29) is 5.91 Å². The van der Waals surface area contributed by atoms with Crippen LogP contribution in [0.4, 0.5) is 5.69 Å². The maximum Gasteiger partial charge on any atom is 0.338 e. The third-order valence-corrected chi connectivity index (χ3v) is 4.68. The van der Waals surface area contributed by atoms with E-state index in [0.717, 1.165) is 10.8 Å². The lowest BCUT2D eigenvalue weighted by Gasteiger charge is -2.19. The predicted octanol–water partition coefficient (Wildman–Crippen LogP) is 4.73. The molecule has 3 aromatic rings. The minimum atomic E-state index is -0.660. The van der Waals surface area contributed by atoms with E-state index in [1.54, 1.807) is 25.1 Å². The van der Waals surface area contributed by atoms with Crippen LogP contribution in [0.3, 0.4) is 0 Å². The molecule has 0 aliphatic rings. The van der Waals surface area contributed by atoms with Crippen LogP contribution in [0.15, 0.2) is 60.7 Å². The van der Waals surface area contributed by atoms with Crippen LogP contribution >= 0.6 is 0 Å². The van der Waals surface area contributed by atoms with Gasteiger partial charge in [0.1, 0.15) is 5.75 Å². The molecule has 0 saturated heterocycles. The number of benzene rings is 3. The molecule has 5 nitrogen and oxygen atoms in total. The zero-order valence-corrected chi connectivity index (χ0v) is 16.2. The van der Waals surface area contributed by atoms with Crippen LogP contribution in [-0.2, 0) is 9.53 Å². The van der Waals surface area contributed by atoms with Gasteiger partial charge in [-0.2, -0.15) is 0 Å². The molecule has 0 radical (unpaired) electrons. The van der Waals surface area contributed by atoms with Crippen molar-refractivity contribution in [2.24, 2.45) is 0 Å².